The highest BCUT2D eigenvalue weighted by Crippen LogP contribution is 2.15. The minimum atomic E-state index is -0.654. The van der Waals surface area contributed by atoms with Crippen molar-refractivity contribution < 1.29 is 18.3 Å². The fourth-order valence-electron chi connectivity index (χ4n) is 1.68. The van der Waals surface area contributed by atoms with E-state index in [-0.39, 0.29) is 12.0 Å². The zero-order chi connectivity index (χ0) is 13.5. The van der Waals surface area contributed by atoms with Crippen LogP contribution in [0.2, 0.25) is 0 Å². The SMILES string of the molecule is CCOC(OCC)C(N)Cc1c(F)cccc1F. The van der Waals surface area contributed by atoms with Gasteiger partial charge in [0.1, 0.15) is 11.6 Å². The van der Waals surface area contributed by atoms with Crippen LogP contribution in [0.25, 0.3) is 0 Å². The molecular formula is C13H19F2NO2. The summed E-state index contributed by atoms with van der Waals surface area (Å²) in [5, 5.41) is 0. The quantitative estimate of drug-likeness (QED) is 0.764. The first-order valence-corrected chi connectivity index (χ1v) is 6.01. The van der Waals surface area contributed by atoms with Gasteiger partial charge >= 0.3 is 0 Å². The minimum absolute atomic E-state index is 0.0309. The number of benzene rings is 1. The molecule has 2 N–H and O–H groups in total. The second-order valence-corrected chi connectivity index (χ2v) is 3.85. The van der Waals surface area contributed by atoms with E-state index in [4.69, 9.17) is 15.2 Å². The number of hydrogen-bond donors (Lipinski definition) is 1. The van der Waals surface area contributed by atoms with Gasteiger partial charge in [0.2, 0.25) is 0 Å². The molecule has 1 unspecified atom stereocenters. The number of halogens is 2. The van der Waals surface area contributed by atoms with Crippen molar-refractivity contribution in [3.8, 4) is 0 Å². The van der Waals surface area contributed by atoms with E-state index in [1.54, 1.807) is 0 Å². The average molecular weight is 259 g/mol. The molecule has 1 rings (SSSR count). The van der Waals surface area contributed by atoms with Crippen LogP contribution in [0.5, 0.6) is 0 Å². The second kappa shape index (κ2) is 7.41. The van der Waals surface area contributed by atoms with Crippen LogP contribution in [0.3, 0.4) is 0 Å². The van der Waals surface area contributed by atoms with Gasteiger partial charge in [-0.1, -0.05) is 6.07 Å². The Balaban J connectivity index is 2.75. The molecule has 0 amide bonds. The van der Waals surface area contributed by atoms with Crippen molar-refractivity contribution in [3.63, 3.8) is 0 Å². The van der Waals surface area contributed by atoms with Crippen molar-refractivity contribution in [3.05, 3.63) is 35.4 Å². The Kier molecular flexibility index (Phi) is 6.18. The fraction of sp³-hybridized carbons (Fsp3) is 0.538. The Morgan fingerprint density at radius 1 is 1.11 bits per heavy atom. The smallest absolute Gasteiger partial charge is 0.172 e. The number of hydrogen-bond acceptors (Lipinski definition) is 3. The van der Waals surface area contributed by atoms with Crippen molar-refractivity contribution in [2.75, 3.05) is 13.2 Å². The van der Waals surface area contributed by atoms with Gasteiger partial charge < -0.3 is 15.2 Å². The zero-order valence-electron chi connectivity index (χ0n) is 10.7. The first-order chi connectivity index (χ1) is 8.60. The summed E-state index contributed by atoms with van der Waals surface area (Å²) in [5.74, 6) is -1.20. The summed E-state index contributed by atoms with van der Waals surface area (Å²) in [4.78, 5) is 0. The Labute approximate surface area is 106 Å². The highest BCUT2D eigenvalue weighted by Gasteiger charge is 2.21. The third-order valence-electron chi connectivity index (χ3n) is 2.51. The fourth-order valence-corrected chi connectivity index (χ4v) is 1.68. The first-order valence-electron chi connectivity index (χ1n) is 6.01. The molecule has 102 valence electrons. The Morgan fingerprint density at radius 3 is 2.06 bits per heavy atom. The summed E-state index contributed by atoms with van der Waals surface area (Å²) >= 11 is 0. The van der Waals surface area contributed by atoms with Gasteiger partial charge in [0.25, 0.3) is 0 Å². The zero-order valence-corrected chi connectivity index (χ0v) is 10.7. The van der Waals surface area contributed by atoms with Crippen LogP contribution in [0.1, 0.15) is 19.4 Å². The summed E-state index contributed by atoms with van der Waals surface area (Å²) in [5.41, 5.74) is 5.84. The lowest BCUT2D eigenvalue weighted by Crippen LogP contribution is -2.41. The molecule has 3 nitrogen and oxygen atoms in total. The van der Waals surface area contributed by atoms with Crippen molar-refractivity contribution in [1.29, 1.82) is 0 Å². The molecule has 1 aromatic rings. The van der Waals surface area contributed by atoms with Crippen LogP contribution in [-0.4, -0.2) is 25.5 Å². The van der Waals surface area contributed by atoms with Gasteiger partial charge in [-0.3, -0.25) is 0 Å². The number of ether oxygens (including phenoxy) is 2. The van der Waals surface area contributed by atoms with E-state index in [1.807, 2.05) is 13.8 Å². The van der Waals surface area contributed by atoms with E-state index in [1.165, 1.54) is 18.2 Å². The largest absolute Gasteiger partial charge is 0.351 e. The Morgan fingerprint density at radius 2 is 1.61 bits per heavy atom. The van der Waals surface area contributed by atoms with E-state index < -0.39 is 24.0 Å². The summed E-state index contributed by atoms with van der Waals surface area (Å²) in [6.07, 6.45) is -0.623. The molecule has 0 spiro atoms. The molecule has 1 aromatic carbocycles. The number of rotatable bonds is 7. The molecule has 0 aliphatic heterocycles. The monoisotopic (exact) mass is 259 g/mol. The minimum Gasteiger partial charge on any atom is -0.351 e. The van der Waals surface area contributed by atoms with E-state index in [2.05, 4.69) is 0 Å². The highest BCUT2D eigenvalue weighted by atomic mass is 19.1. The van der Waals surface area contributed by atoms with Crippen molar-refractivity contribution in [2.24, 2.45) is 5.73 Å². The van der Waals surface area contributed by atoms with Gasteiger partial charge in [-0.25, -0.2) is 8.78 Å². The maximum Gasteiger partial charge on any atom is 0.172 e. The van der Waals surface area contributed by atoms with Crippen LogP contribution in [0, 0.1) is 11.6 Å². The maximum atomic E-state index is 13.5. The highest BCUT2D eigenvalue weighted by molar-refractivity contribution is 5.20. The van der Waals surface area contributed by atoms with E-state index in [0.717, 1.165) is 0 Å². The van der Waals surface area contributed by atoms with E-state index in [0.29, 0.717) is 13.2 Å². The summed E-state index contributed by atoms with van der Waals surface area (Å²) < 4.78 is 37.5. The first kappa shape index (κ1) is 15.0. The van der Waals surface area contributed by atoms with Gasteiger partial charge in [0, 0.05) is 18.8 Å². The lowest BCUT2D eigenvalue weighted by molar-refractivity contribution is -0.148. The normalized spacial score (nSPS) is 13.0. The Bertz CT molecular complexity index is 348. The molecule has 0 heterocycles. The number of nitrogens with two attached hydrogens (primary N) is 1. The predicted octanol–water partition coefficient (Wildman–Crippen LogP) is 2.23. The van der Waals surface area contributed by atoms with E-state index >= 15 is 0 Å². The maximum absolute atomic E-state index is 13.5. The summed E-state index contributed by atoms with van der Waals surface area (Å²) in [6.45, 7) is 4.47. The molecule has 0 aliphatic rings. The van der Waals surface area contributed by atoms with Gasteiger partial charge in [0.15, 0.2) is 6.29 Å². The Hall–Kier alpha value is -1.04. The van der Waals surface area contributed by atoms with Gasteiger partial charge in [0.05, 0.1) is 6.04 Å². The van der Waals surface area contributed by atoms with Crippen molar-refractivity contribution in [2.45, 2.75) is 32.6 Å². The predicted molar refractivity (Wildman–Crippen MR) is 65.1 cm³/mol. The van der Waals surface area contributed by atoms with Crippen LogP contribution < -0.4 is 5.73 Å². The molecule has 0 saturated heterocycles. The van der Waals surface area contributed by atoms with Crippen LogP contribution in [-0.2, 0) is 15.9 Å². The molecule has 0 bridgehead atoms. The molecule has 0 aliphatic carbocycles. The molecule has 0 fully saturated rings. The summed E-state index contributed by atoms with van der Waals surface area (Å²) in [6, 6.07) is 3.13. The van der Waals surface area contributed by atoms with Gasteiger partial charge in [-0.2, -0.15) is 0 Å². The molecule has 1 atom stereocenters. The lowest BCUT2D eigenvalue weighted by Gasteiger charge is -2.23. The van der Waals surface area contributed by atoms with Crippen LogP contribution >= 0.6 is 0 Å². The van der Waals surface area contributed by atoms with Crippen molar-refractivity contribution in [1.82, 2.24) is 0 Å². The second-order valence-electron chi connectivity index (χ2n) is 3.85. The van der Waals surface area contributed by atoms with E-state index in [9.17, 15) is 8.78 Å². The van der Waals surface area contributed by atoms with Crippen LogP contribution in [0.15, 0.2) is 18.2 Å². The molecule has 5 heteroatoms. The molecular weight excluding hydrogens is 240 g/mol. The molecule has 0 radical (unpaired) electrons. The van der Waals surface area contributed by atoms with Gasteiger partial charge in [-0.15, -0.1) is 0 Å². The van der Waals surface area contributed by atoms with Crippen molar-refractivity contribution >= 4 is 0 Å². The molecule has 0 saturated carbocycles. The third-order valence-corrected chi connectivity index (χ3v) is 2.51. The standard InChI is InChI=1S/C13H19F2NO2/c1-3-17-13(18-4-2)12(16)8-9-10(14)6-5-7-11(9)15/h5-7,12-13H,3-4,8,16H2,1-2H3. The third kappa shape index (κ3) is 4.01. The summed E-state index contributed by atoms with van der Waals surface area (Å²) in [7, 11) is 0. The van der Waals surface area contributed by atoms with Crippen LogP contribution in [0.4, 0.5) is 8.78 Å². The molecule has 0 aromatic heterocycles. The average Bonchev–Trinajstić information content (AvgIpc) is 2.33. The molecule has 18 heavy (non-hydrogen) atoms. The lowest BCUT2D eigenvalue weighted by atomic mass is 10.0. The topological polar surface area (TPSA) is 44.5 Å². The van der Waals surface area contributed by atoms with Gasteiger partial charge in [-0.05, 0) is 32.4 Å².